The number of para-hydroxylation sites is 1. The summed E-state index contributed by atoms with van der Waals surface area (Å²) in [5.41, 5.74) is 2.12. The summed E-state index contributed by atoms with van der Waals surface area (Å²) >= 11 is 0. The summed E-state index contributed by atoms with van der Waals surface area (Å²) in [6.07, 6.45) is 1.68. The van der Waals surface area contributed by atoms with Crippen LogP contribution in [0.5, 0.6) is 5.75 Å². The summed E-state index contributed by atoms with van der Waals surface area (Å²) in [5.74, 6) is -0.0585. The van der Waals surface area contributed by atoms with Gasteiger partial charge in [0.1, 0.15) is 11.6 Å². The lowest BCUT2D eigenvalue weighted by Crippen LogP contribution is -2.46. The Morgan fingerprint density at radius 2 is 1.76 bits per heavy atom. The van der Waals surface area contributed by atoms with Crippen LogP contribution in [-0.4, -0.2) is 41.3 Å². The van der Waals surface area contributed by atoms with Gasteiger partial charge in [-0.2, -0.15) is 5.26 Å². The number of carbonyl (C=O) groups excluding carboxylic acids is 2. The van der Waals surface area contributed by atoms with Crippen LogP contribution in [0.3, 0.4) is 0 Å². The lowest BCUT2D eigenvalue weighted by molar-refractivity contribution is -0.142. The first-order valence-corrected chi connectivity index (χ1v) is 12.5. The van der Waals surface area contributed by atoms with E-state index in [0.29, 0.717) is 37.2 Å². The van der Waals surface area contributed by atoms with Crippen molar-refractivity contribution in [1.29, 1.82) is 5.26 Å². The van der Waals surface area contributed by atoms with E-state index in [1.165, 1.54) is 12.1 Å². The molecule has 1 aliphatic rings. The predicted octanol–water partition coefficient (Wildman–Crippen LogP) is 4.93. The van der Waals surface area contributed by atoms with Crippen molar-refractivity contribution in [3.63, 3.8) is 0 Å². The molecule has 6 nitrogen and oxygen atoms in total. The number of likely N-dealkylation sites (tertiary alicyclic amines) is 1. The molecule has 1 unspecified atom stereocenters. The highest BCUT2D eigenvalue weighted by Gasteiger charge is 2.31. The number of carbonyl (C=O) groups is 2. The largest absolute Gasteiger partial charge is 0.493 e. The van der Waals surface area contributed by atoms with Gasteiger partial charge in [0.05, 0.1) is 30.6 Å². The molecule has 4 rings (SSSR count). The molecule has 7 heteroatoms. The van der Waals surface area contributed by atoms with E-state index in [-0.39, 0.29) is 43.1 Å². The highest BCUT2D eigenvalue weighted by molar-refractivity contribution is 5.81. The zero-order valence-electron chi connectivity index (χ0n) is 20.7. The number of benzene rings is 3. The predicted molar refractivity (Wildman–Crippen MR) is 138 cm³/mol. The lowest BCUT2D eigenvalue weighted by atomic mass is 9.95. The van der Waals surface area contributed by atoms with E-state index in [1.54, 1.807) is 34.1 Å². The minimum atomic E-state index is -0.351. The van der Waals surface area contributed by atoms with Crippen LogP contribution in [0, 0.1) is 23.1 Å². The fraction of sp³-hybridized carbons (Fsp3) is 0.300. The van der Waals surface area contributed by atoms with E-state index < -0.39 is 0 Å². The van der Waals surface area contributed by atoms with E-state index in [9.17, 15) is 14.0 Å². The van der Waals surface area contributed by atoms with Crippen LogP contribution >= 0.6 is 0 Å². The second kappa shape index (κ2) is 12.7. The van der Waals surface area contributed by atoms with E-state index in [4.69, 9.17) is 10.00 Å². The maximum atomic E-state index is 13.8. The zero-order valence-corrected chi connectivity index (χ0v) is 20.7. The summed E-state index contributed by atoms with van der Waals surface area (Å²) in [6, 6.07) is 24.8. The van der Waals surface area contributed by atoms with Gasteiger partial charge < -0.3 is 14.5 Å². The van der Waals surface area contributed by atoms with Crippen molar-refractivity contribution in [3.05, 3.63) is 101 Å². The molecule has 3 aromatic rings. The van der Waals surface area contributed by atoms with Crippen molar-refractivity contribution in [1.82, 2.24) is 9.80 Å². The van der Waals surface area contributed by atoms with Crippen molar-refractivity contribution in [2.45, 2.75) is 32.4 Å². The van der Waals surface area contributed by atoms with Crippen LogP contribution in [0.15, 0.2) is 78.9 Å². The highest BCUT2D eigenvalue weighted by Crippen LogP contribution is 2.23. The first-order chi connectivity index (χ1) is 18.0. The quantitative estimate of drug-likeness (QED) is 0.418. The van der Waals surface area contributed by atoms with Gasteiger partial charge in [-0.15, -0.1) is 0 Å². The molecule has 0 saturated carbocycles. The number of amides is 2. The second-order valence-electron chi connectivity index (χ2n) is 9.22. The summed E-state index contributed by atoms with van der Waals surface area (Å²) < 4.78 is 19.5. The van der Waals surface area contributed by atoms with Crippen molar-refractivity contribution in [3.8, 4) is 11.8 Å². The molecule has 1 atom stereocenters. The zero-order chi connectivity index (χ0) is 26.0. The number of hydrogen-bond donors (Lipinski definition) is 0. The number of nitriles is 1. The average molecular weight is 500 g/mol. The van der Waals surface area contributed by atoms with E-state index >= 15 is 0 Å². The second-order valence-corrected chi connectivity index (χ2v) is 9.22. The Balaban J connectivity index is 1.41. The number of ether oxygens (including phenoxy) is 1. The number of halogens is 1. The molecule has 1 saturated heterocycles. The Labute approximate surface area is 216 Å². The van der Waals surface area contributed by atoms with E-state index in [0.717, 1.165) is 17.7 Å². The number of hydrogen-bond acceptors (Lipinski definition) is 4. The molecular formula is C30H30FN3O3. The molecule has 2 amide bonds. The maximum absolute atomic E-state index is 13.8. The number of nitrogens with zero attached hydrogens (tertiary/aromatic N) is 3. The van der Waals surface area contributed by atoms with Gasteiger partial charge >= 0.3 is 0 Å². The van der Waals surface area contributed by atoms with E-state index in [2.05, 4.69) is 6.07 Å². The Bertz CT molecular complexity index is 1240. The number of piperidine rings is 1. The minimum absolute atomic E-state index is 0.0304. The van der Waals surface area contributed by atoms with Crippen LogP contribution in [0.25, 0.3) is 0 Å². The highest BCUT2D eigenvalue weighted by atomic mass is 19.1. The van der Waals surface area contributed by atoms with Crippen LogP contribution in [-0.2, 0) is 22.7 Å². The third kappa shape index (κ3) is 7.40. The van der Waals surface area contributed by atoms with Gasteiger partial charge in [-0.05, 0) is 60.4 Å². The first kappa shape index (κ1) is 25.9. The molecule has 37 heavy (non-hydrogen) atoms. The number of rotatable bonds is 9. The molecule has 1 heterocycles. The SMILES string of the molecule is N#Cc1ccc(CN(Cc2cccc(F)c2)C(=O)C2CCCN(C(=O)CCOc3ccccc3)C2)cc1. The molecule has 0 spiro atoms. The molecule has 0 aliphatic carbocycles. The fourth-order valence-corrected chi connectivity index (χ4v) is 4.57. The smallest absolute Gasteiger partial charge is 0.228 e. The Kier molecular flexibility index (Phi) is 8.88. The Morgan fingerprint density at radius 3 is 2.49 bits per heavy atom. The van der Waals surface area contributed by atoms with Gasteiger partial charge in [-0.3, -0.25) is 9.59 Å². The summed E-state index contributed by atoms with van der Waals surface area (Å²) in [5, 5.41) is 9.08. The normalized spacial score (nSPS) is 15.0. The molecule has 0 aromatic heterocycles. The molecule has 3 aromatic carbocycles. The van der Waals surface area contributed by atoms with Crippen LogP contribution < -0.4 is 4.74 Å². The van der Waals surface area contributed by atoms with Crippen LogP contribution in [0.2, 0.25) is 0 Å². The molecule has 0 radical (unpaired) electrons. The van der Waals surface area contributed by atoms with Crippen molar-refractivity contribution < 1.29 is 18.7 Å². The summed E-state index contributed by atoms with van der Waals surface area (Å²) in [7, 11) is 0. The molecule has 0 N–H and O–H groups in total. The maximum Gasteiger partial charge on any atom is 0.228 e. The third-order valence-corrected chi connectivity index (χ3v) is 6.48. The van der Waals surface area contributed by atoms with Crippen molar-refractivity contribution >= 4 is 11.8 Å². The minimum Gasteiger partial charge on any atom is -0.493 e. The standard InChI is InChI=1S/C30H30FN3O3/c31-27-8-4-6-25(18-27)21-34(20-24-13-11-23(19-32)12-14-24)30(36)26-7-5-16-33(22-26)29(35)15-17-37-28-9-2-1-3-10-28/h1-4,6,8-14,18,26H,5,7,15-17,20-22H2. The van der Waals surface area contributed by atoms with Gasteiger partial charge in [-0.25, -0.2) is 4.39 Å². The van der Waals surface area contributed by atoms with Gasteiger partial charge in [0.2, 0.25) is 11.8 Å². The monoisotopic (exact) mass is 499 g/mol. The lowest BCUT2D eigenvalue weighted by Gasteiger charge is -2.35. The molecule has 190 valence electrons. The van der Waals surface area contributed by atoms with Gasteiger partial charge in [0.15, 0.2) is 0 Å². The van der Waals surface area contributed by atoms with E-state index in [1.807, 2.05) is 42.5 Å². The molecule has 1 fully saturated rings. The average Bonchev–Trinajstić information content (AvgIpc) is 2.93. The van der Waals surface area contributed by atoms with Crippen LogP contribution in [0.1, 0.15) is 36.0 Å². The molecule has 0 bridgehead atoms. The Morgan fingerprint density at radius 1 is 1.00 bits per heavy atom. The fourth-order valence-electron chi connectivity index (χ4n) is 4.57. The Hall–Kier alpha value is -4.18. The third-order valence-electron chi connectivity index (χ3n) is 6.48. The van der Waals surface area contributed by atoms with Gasteiger partial charge in [0, 0.05) is 26.2 Å². The first-order valence-electron chi connectivity index (χ1n) is 12.5. The topological polar surface area (TPSA) is 73.6 Å². The van der Waals surface area contributed by atoms with Crippen LogP contribution in [0.4, 0.5) is 4.39 Å². The van der Waals surface area contributed by atoms with Crippen molar-refractivity contribution in [2.24, 2.45) is 5.92 Å². The van der Waals surface area contributed by atoms with Gasteiger partial charge in [-0.1, -0.05) is 42.5 Å². The van der Waals surface area contributed by atoms with Crippen molar-refractivity contribution in [2.75, 3.05) is 19.7 Å². The molecule has 1 aliphatic heterocycles. The summed E-state index contributed by atoms with van der Waals surface area (Å²) in [4.78, 5) is 30.0. The van der Waals surface area contributed by atoms with Gasteiger partial charge in [0.25, 0.3) is 0 Å². The summed E-state index contributed by atoms with van der Waals surface area (Å²) in [6.45, 7) is 1.84. The molecular weight excluding hydrogens is 469 g/mol.